The van der Waals surface area contributed by atoms with Gasteiger partial charge in [-0.1, -0.05) is 12.1 Å². The van der Waals surface area contributed by atoms with E-state index >= 15 is 0 Å². The Morgan fingerprint density at radius 1 is 1.38 bits per heavy atom. The second-order valence-electron chi connectivity index (χ2n) is 5.35. The highest BCUT2D eigenvalue weighted by Crippen LogP contribution is 2.16. The van der Waals surface area contributed by atoms with Crippen molar-refractivity contribution in [2.45, 2.75) is 20.1 Å². The van der Waals surface area contributed by atoms with Crippen LogP contribution in [0.2, 0.25) is 0 Å². The number of hydrogen-bond acceptors (Lipinski definition) is 3. The summed E-state index contributed by atoms with van der Waals surface area (Å²) in [6.07, 6.45) is 4.81. The van der Waals surface area contributed by atoms with Gasteiger partial charge in [-0.15, -0.1) is 0 Å². The lowest BCUT2D eigenvalue weighted by atomic mass is 10.2. The summed E-state index contributed by atoms with van der Waals surface area (Å²) >= 11 is 0. The van der Waals surface area contributed by atoms with Gasteiger partial charge in [-0.05, 0) is 30.7 Å². The Morgan fingerprint density at radius 3 is 2.58 bits per heavy atom. The molecule has 0 aliphatic rings. The molecule has 0 atom stereocenters. The van der Waals surface area contributed by atoms with Crippen molar-refractivity contribution in [2.75, 3.05) is 7.05 Å². The lowest BCUT2D eigenvalue weighted by Crippen LogP contribution is -2.24. The summed E-state index contributed by atoms with van der Waals surface area (Å²) in [5.74, 6) is -0.0798. The zero-order valence-electron chi connectivity index (χ0n) is 13.7. The molecule has 1 amide bonds. The molecule has 0 spiro atoms. The van der Waals surface area contributed by atoms with E-state index in [1.807, 2.05) is 14.0 Å². The Hall–Kier alpha value is -2.70. The molecule has 0 aliphatic carbocycles. The number of alkyl halides is 2. The van der Waals surface area contributed by atoms with Crippen LogP contribution in [-0.4, -0.2) is 34.2 Å². The minimum atomic E-state index is -2.85. The third-order valence-electron chi connectivity index (χ3n) is 3.64. The fraction of sp³-hybridized carbons (Fsp3) is 0.294. The average molecular weight is 335 g/mol. The Kier molecular flexibility index (Phi) is 5.68. The molecule has 0 bridgehead atoms. The molecule has 0 N–H and O–H groups in total. The number of carbonyl (C=O) groups is 1. The van der Waals surface area contributed by atoms with Gasteiger partial charge in [0.25, 0.3) is 0 Å². The van der Waals surface area contributed by atoms with Crippen LogP contribution in [0.25, 0.3) is 6.08 Å². The number of amides is 1. The van der Waals surface area contributed by atoms with Crippen LogP contribution in [0.3, 0.4) is 0 Å². The molecule has 0 aliphatic heterocycles. The predicted molar refractivity (Wildman–Crippen MR) is 86.5 cm³/mol. The third kappa shape index (κ3) is 4.65. The van der Waals surface area contributed by atoms with Crippen molar-refractivity contribution in [3.8, 4) is 5.75 Å². The first kappa shape index (κ1) is 17.7. The first-order valence-corrected chi connectivity index (χ1v) is 7.32. The fourth-order valence-corrected chi connectivity index (χ4v) is 2.09. The van der Waals surface area contributed by atoms with Gasteiger partial charge < -0.3 is 9.64 Å². The molecule has 24 heavy (non-hydrogen) atoms. The molecular weight excluding hydrogens is 316 g/mol. The summed E-state index contributed by atoms with van der Waals surface area (Å²) in [6.45, 7) is -0.443. The zero-order chi connectivity index (χ0) is 17.7. The van der Waals surface area contributed by atoms with Crippen molar-refractivity contribution in [1.29, 1.82) is 0 Å². The fourth-order valence-electron chi connectivity index (χ4n) is 2.09. The molecular formula is C17H19F2N3O2. The molecule has 128 valence electrons. The Labute approximate surface area is 139 Å². The topological polar surface area (TPSA) is 47.4 Å². The van der Waals surface area contributed by atoms with Crippen LogP contribution in [0.5, 0.6) is 5.75 Å². The molecule has 1 aromatic heterocycles. The maximum absolute atomic E-state index is 12.1. The quantitative estimate of drug-likeness (QED) is 0.763. The summed E-state index contributed by atoms with van der Waals surface area (Å²) < 4.78 is 30.2. The molecule has 0 saturated carbocycles. The predicted octanol–water partition coefficient (Wildman–Crippen LogP) is 3.00. The Balaban J connectivity index is 1.95. The number of hydrogen-bond donors (Lipinski definition) is 0. The number of benzene rings is 1. The lowest BCUT2D eigenvalue weighted by Gasteiger charge is -2.14. The van der Waals surface area contributed by atoms with Crippen molar-refractivity contribution >= 4 is 12.0 Å². The normalized spacial score (nSPS) is 11.2. The monoisotopic (exact) mass is 335 g/mol. The van der Waals surface area contributed by atoms with Gasteiger partial charge >= 0.3 is 6.61 Å². The third-order valence-corrected chi connectivity index (χ3v) is 3.64. The van der Waals surface area contributed by atoms with Crippen molar-refractivity contribution in [1.82, 2.24) is 14.7 Å². The van der Waals surface area contributed by atoms with Crippen LogP contribution in [0.15, 0.2) is 36.5 Å². The maximum atomic E-state index is 12.1. The number of nitrogens with zero attached hydrogens (tertiary/aromatic N) is 3. The summed E-state index contributed by atoms with van der Waals surface area (Å²) in [5.41, 5.74) is 2.71. The average Bonchev–Trinajstić information content (AvgIpc) is 2.85. The highest BCUT2D eigenvalue weighted by molar-refractivity contribution is 5.91. The molecule has 1 heterocycles. The van der Waals surface area contributed by atoms with Crippen molar-refractivity contribution in [3.63, 3.8) is 0 Å². The van der Waals surface area contributed by atoms with Gasteiger partial charge in [-0.25, -0.2) is 0 Å². The second-order valence-corrected chi connectivity index (χ2v) is 5.35. The molecule has 2 rings (SSSR count). The van der Waals surface area contributed by atoms with E-state index in [2.05, 4.69) is 9.84 Å². The molecule has 0 saturated heterocycles. The number of aromatic nitrogens is 2. The van der Waals surface area contributed by atoms with Gasteiger partial charge in [-0.2, -0.15) is 13.9 Å². The van der Waals surface area contributed by atoms with E-state index in [9.17, 15) is 13.6 Å². The Morgan fingerprint density at radius 2 is 2.04 bits per heavy atom. The number of likely N-dealkylation sites (N-methyl/N-ethyl adjacent to an activating group) is 1. The molecule has 0 radical (unpaired) electrons. The standard InChI is InChI=1S/C17H19F2N3O2/c1-12-14(10-20-22(12)3)11-21(2)16(23)9-6-13-4-7-15(8-5-13)24-17(18)19/h4-10,17H,11H2,1-3H3/b9-6-. The largest absolute Gasteiger partial charge is 0.435 e. The first-order valence-electron chi connectivity index (χ1n) is 7.32. The van der Waals surface area contributed by atoms with Gasteiger partial charge in [0.1, 0.15) is 5.75 Å². The zero-order valence-corrected chi connectivity index (χ0v) is 13.7. The van der Waals surface area contributed by atoms with Crippen molar-refractivity contribution < 1.29 is 18.3 Å². The van der Waals surface area contributed by atoms with Gasteiger partial charge in [0, 0.05) is 38.0 Å². The van der Waals surface area contributed by atoms with Crippen LogP contribution < -0.4 is 4.74 Å². The van der Waals surface area contributed by atoms with Crippen LogP contribution in [0.4, 0.5) is 8.78 Å². The highest BCUT2D eigenvalue weighted by atomic mass is 19.3. The molecule has 1 aromatic carbocycles. The SMILES string of the molecule is Cc1c(CN(C)C(=O)/C=C\c2ccc(OC(F)F)cc2)cnn1C. The minimum absolute atomic E-state index is 0.0812. The second kappa shape index (κ2) is 7.72. The smallest absolute Gasteiger partial charge is 0.387 e. The van der Waals surface area contributed by atoms with E-state index in [1.54, 1.807) is 41.0 Å². The van der Waals surface area contributed by atoms with Gasteiger partial charge in [0.15, 0.2) is 0 Å². The van der Waals surface area contributed by atoms with E-state index in [4.69, 9.17) is 0 Å². The van der Waals surface area contributed by atoms with Gasteiger partial charge in [0.2, 0.25) is 5.91 Å². The first-order chi connectivity index (χ1) is 11.4. The van der Waals surface area contributed by atoms with Crippen LogP contribution >= 0.6 is 0 Å². The van der Waals surface area contributed by atoms with E-state index < -0.39 is 6.61 Å². The maximum Gasteiger partial charge on any atom is 0.387 e. The summed E-state index contributed by atoms with van der Waals surface area (Å²) in [6, 6.07) is 6.07. The number of carbonyl (C=O) groups excluding carboxylic acids is 1. The Bertz CT molecular complexity index is 724. The molecule has 0 fully saturated rings. The van der Waals surface area contributed by atoms with E-state index in [-0.39, 0.29) is 11.7 Å². The molecule has 7 heteroatoms. The van der Waals surface area contributed by atoms with Gasteiger partial charge in [-0.3, -0.25) is 9.48 Å². The van der Waals surface area contributed by atoms with Crippen LogP contribution in [-0.2, 0) is 18.4 Å². The lowest BCUT2D eigenvalue weighted by molar-refractivity contribution is -0.125. The molecule has 0 unspecified atom stereocenters. The number of rotatable bonds is 6. The van der Waals surface area contributed by atoms with E-state index in [0.717, 1.165) is 16.8 Å². The van der Waals surface area contributed by atoms with E-state index in [0.29, 0.717) is 6.54 Å². The number of aryl methyl sites for hydroxylation is 1. The number of halogens is 2. The molecule has 2 aromatic rings. The summed E-state index contributed by atoms with van der Waals surface area (Å²) in [7, 11) is 3.56. The van der Waals surface area contributed by atoms with Crippen LogP contribution in [0.1, 0.15) is 16.8 Å². The minimum Gasteiger partial charge on any atom is -0.435 e. The van der Waals surface area contributed by atoms with E-state index in [1.165, 1.54) is 18.2 Å². The highest BCUT2D eigenvalue weighted by Gasteiger charge is 2.10. The van der Waals surface area contributed by atoms with Crippen molar-refractivity contribution in [3.05, 3.63) is 53.4 Å². The van der Waals surface area contributed by atoms with Crippen molar-refractivity contribution in [2.24, 2.45) is 7.05 Å². The van der Waals surface area contributed by atoms with Crippen LogP contribution in [0, 0.1) is 6.92 Å². The van der Waals surface area contributed by atoms with Gasteiger partial charge in [0.05, 0.1) is 6.20 Å². The molecule has 5 nitrogen and oxygen atoms in total. The number of ether oxygens (including phenoxy) is 1. The summed E-state index contributed by atoms with van der Waals surface area (Å²) in [4.78, 5) is 13.7. The summed E-state index contributed by atoms with van der Waals surface area (Å²) in [5, 5.41) is 4.15.